The van der Waals surface area contributed by atoms with Gasteiger partial charge in [0.05, 0.1) is 11.3 Å². The topological polar surface area (TPSA) is 54.0 Å². The van der Waals surface area contributed by atoms with Crippen molar-refractivity contribution in [3.63, 3.8) is 0 Å². The first-order valence-corrected chi connectivity index (χ1v) is 6.12. The lowest BCUT2D eigenvalue weighted by atomic mass is 10.1. The van der Waals surface area contributed by atoms with E-state index in [0.717, 1.165) is 37.3 Å². The summed E-state index contributed by atoms with van der Waals surface area (Å²) in [6, 6.07) is 3.97. The van der Waals surface area contributed by atoms with Crippen molar-refractivity contribution >= 4 is 30.7 Å². The van der Waals surface area contributed by atoms with Gasteiger partial charge in [0.25, 0.3) is 5.91 Å². The van der Waals surface area contributed by atoms with Crippen molar-refractivity contribution in [1.29, 1.82) is 0 Å². The van der Waals surface area contributed by atoms with Crippen LogP contribution in [0.5, 0.6) is 0 Å². The smallest absolute Gasteiger partial charge is 0.253 e. The Morgan fingerprint density at radius 3 is 2.68 bits per heavy atom. The maximum atomic E-state index is 12.1. The Morgan fingerprint density at radius 2 is 2.11 bits per heavy atom. The molecule has 0 unspecified atom stereocenters. The second kappa shape index (κ2) is 8.35. The number of rotatable bonds is 2. The average Bonchev–Trinajstić information content (AvgIpc) is 2.30. The number of carbonyl (C=O) groups is 1. The van der Waals surface area contributed by atoms with Crippen LogP contribution in [0.3, 0.4) is 0 Å². The molecule has 0 saturated carbocycles. The van der Waals surface area contributed by atoms with E-state index < -0.39 is 0 Å². The highest BCUT2D eigenvalue weighted by molar-refractivity contribution is 5.95. The van der Waals surface area contributed by atoms with Gasteiger partial charge in [0.15, 0.2) is 0 Å². The maximum absolute atomic E-state index is 12.1. The van der Waals surface area contributed by atoms with Crippen LogP contribution in [-0.2, 0) is 0 Å². The number of pyridine rings is 1. The minimum Gasteiger partial charge on any atom is -0.348 e. The fraction of sp³-hybridized carbons (Fsp3) is 0.538. The zero-order chi connectivity index (χ0) is 12.3. The van der Waals surface area contributed by atoms with Gasteiger partial charge in [-0.25, -0.2) is 0 Å². The molecule has 1 aromatic rings. The summed E-state index contributed by atoms with van der Waals surface area (Å²) in [5.74, 6) is -0.0105. The van der Waals surface area contributed by atoms with E-state index in [1.54, 1.807) is 0 Å². The van der Waals surface area contributed by atoms with E-state index in [0.29, 0.717) is 5.56 Å². The van der Waals surface area contributed by atoms with E-state index in [4.69, 9.17) is 0 Å². The van der Waals surface area contributed by atoms with Gasteiger partial charge >= 0.3 is 0 Å². The van der Waals surface area contributed by atoms with Crippen molar-refractivity contribution in [2.45, 2.75) is 32.7 Å². The van der Waals surface area contributed by atoms with Gasteiger partial charge in [0, 0.05) is 18.3 Å². The molecule has 1 atom stereocenters. The van der Waals surface area contributed by atoms with Crippen LogP contribution in [-0.4, -0.2) is 30.0 Å². The second-order valence-electron chi connectivity index (χ2n) is 4.60. The van der Waals surface area contributed by atoms with E-state index in [9.17, 15) is 4.79 Å². The number of nitrogens with zero attached hydrogens (tertiary/aromatic N) is 1. The molecular formula is C13H21Cl2N3O. The molecule has 6 heteroatoms. The molecule has 0 spiro atoms. The van der Waals surface area contributed by atoms with Crippen LogP contribution in [0.15, 0.2) is 12.1 Å². The fourth-order valence-electron chi connectivity index (χ4n) is 2.16. The first-order chi connectivity index (χ1) is 8.16. The van der Waals surface area contributed by atoms with Crippen molar-refractivity contribution in [3.05, 3.63) is 29.1 Å². The number of aromatic nitrogens is 1. The molecule has 108 valence electrons. The van der Waals surface area contributed by atoms with E-state index in [1.807, 2.05) is 26.0 Å². The highest BCUT2D eigenvalue weighted by Crippen LogP contribution is 2.08. The highest BCUT2D eigenvalue weighted by Gasteiger charge is 2.17. The lowest BCUT2D eigenvalue weighted by Gasteiger charge is -2.24. The third-order valence-corrected chi connectivity index (χ3v) is 3.10. The van der Waals surface area contributed by atoms with Gasteiger partial charge in [0.1, 0.15) is 0 Å². The predicted octanol–water partition coefficient (Wildman–Crippen LogP) is 2.02. The molecule has 19 heavy (non-hydrogen) atoms. The van der Waals surface area contributed by atoms with Crippen LogP contribution < -0.4 is 10.6 Å². The van der Waals surface area contributed by atoms with Gasteiger partial charge < -0.3 is 10.6 Å². The zero-order valence-electron chi connectivity index (χ0n) is 11.2. The van der Waals surface area contributed by atoms with Crippen LogP contribution in [0.1, 0.15) is 34.6 Å². The molecule has 1 aliphatic heterocycles. The summed E-state index contributed by atoms with van der Waals surface area (Å²) < 4.78 is 0. The van der Waals surface area contributed by atoms with Gasteiger partial charge in [-0.3, -0.25) is 9.78 Å². The molecule has 1 saturated heterocycles. The molecule has 1 aromatic heterocycles. The molecule has 2 N–H and O–H groups in total. The number of piperidine rings is 1. The standard InChI is InChI=1S/C13H19N3O.2ClH/c1-9-5-6-12(10(2)15-9)13(17)16-11-4-3-7-14-8-11;;/h5-6,11,14H,3-4,7-8H2,1-2H3,(H,16,17);2*1H/t11-;;/m0../s1. The molecule has 0 bridgehead atoms. The van der Waals surface area contributed by atoms with Crippen molar-refractivity contribution in [3.8, 4) is 0 Å². The van der Waals surface area contributed by atoms with Crippen molar-refractivity contribution in [2.75, 3.05) is 13.1 Å². The van der Waals surface area contributed by atoms with Crippen LogP contribution >= 0.6 is 24.8 Å². The zero-order valence-corrected chi connectivity index (χ0v) is 12.9. The Bertz CT molecular complexity index is 420. The number of nitrogens with one attached hydrogen (secondary N) is 2. The summed E-state index contributed by atoms with van der Waals surface area (Å²) in [6.45, 7) is 5.72. The Hall–Kier alpha value is -0.840. The van der Waals surface area contributed by atoms with Crippen molar-refractivity contribution < 1.29 is 4.79 Å². The molecule has 4 nitrogen and oxygen atoms in total. The summed E-state index contributed by atoms with van der Waals surface area (Å²) in [4.78, 5) is 16.4. The Kier molecular flexibility index (Phi) is 7.99. The first kappa shape index (κ1) is 18.2. The summed E-state index contributed by atoms with van der Waals surface area (Å²) in [5, 5.41) is 6.34. The van der Waals surface area contributed by atoms with Crippen LogP contribution in [0.2, 0.25) is 0 Å². The van der Waals surface area contributed by atoms with Crippen molar-refractivity contribution in [2.24, 2.45) is 0 Å². The minimum atomic E-state index is -0.0105. The van der Waals surface area contributed by atoms with Crippen LogP contribution in [0.25, 0.3) is 0 Å². The number of carbonyl (C=O) groups excluding carboxylic acids is 1. The van der Waals surface area contributed by atoms with Crippen LogP contribution in [0.4, 0.5) is 0 Å². The number of amides is 1. The Labute approximate surface area is 126 Å². The Balaban J connectivity index is 0.00000162. The second-order valence-corrected chi connectivity index (χ2v) is 4.60. The molecule has 2 rings (SSSR count). The molecule has 2 heterocycles. The third-order valence-electron chi connectivity index (χ3n) is 3.10. The number of hydrogen-bond donors (Lipinski definition) is 2. The maximum Gasteiger partial charge on any atom is 0.253 e. The summed E-state index contributed by atoms with van der Waals surface area (Å²) in [6.07, 6.45) is 2.17. The van der Waals surface area contributed by atoms with E-state index >= 15 is 0 Å². The third kappa shape index (κ3) is 4.97. The monoisotopic (exact) mass is 305 g/mol. The van der Waals surface area contributed by atoms with Gasteiger partial charge in [0.2, 0.25) is 0 Å². The SMILES string of the molecule is Cc1ccc(C(=O)N[C@H]2CCCNC2)c(C)n1.Cl.Cl. The summed E-state index contributed by atoms with van der Waals surface area (Å²) in [5.41, 5.74) is 2.42. The summed E-state index contributed by atoms with van der Waals surface area (Å²) in [7, 11) is 0. The van der Waals surface area contributed by atoms with Gasteiger partial charge in [-0.1, -0.05) is 0 Å². The van der Waals surface area contributed by atoms with Gasteiger partial charge in [-0.05, 0) is 45.4 Å². The molecule has 0 aliphatic carbocycles. The van der Waals surface area contributed by atoms with Crippen LogP contribution in [0, 0.1) is 13.8 Å². The van der Waals surface area contributed by atoms with Gasteiger partial charge in [-0.15, -0.1) is 24.8 Å². The largest absolute Gasteiger partial charge is 0.348 e. The van der Waals surface area contributed by atoms with E-state index in [2.05, 4.69) is 15.6 Å². The van der Waals surface area contributed by atoms with Crippen molar-refractivity contribution in [1.82, 2.24) is 15.6 Å². The normalized spacial score (nSPS) is 17.9. The van der Waals surface area contributed by atoms with E-state index in [1.165, 1.54) is 0 Å². The number of aryl methyl sites for hydroxylation is 2. The molecule has 1 amide bonds. The predicted molar refractivity (Wildman–Crippen MR) is 81.6 cm³/mol. The lowest BCUT2D eigenvalue weighted by Crippen LogP contribution is -2.45. The Morgan fingerprint density at radius 1 is 1.37 bits per heavy atom. The van der Waals surface area contributed by atoms with E-state index in [-0.39, 0.29) is 36.8 Å². The molecule has 0 aromatic carbocycles. The minimum absolute atomic E-state index is 0. The molecule has 1 aliphatic rings. The first-order valence-electron chi connectivity index (χ1n) is 6.12. The number of halogens is 2. The highest BCUT2D eigenvalue weighted by atomic mass is 35.5. The fourth-order valence-corrected chi connectivity index (χ4v) is 2.16. The quantitative estimate of drug-likeness (QED) is 0.879. The van der Waals surface area contributed by atoms with Gasteiger partial charge in [-0.2, -0.15) is 0 Å². The summed E-state index contributed by atoms with van der Waals surface area (Å²) >= 11 is 0. The average molecular weight is 306 g/mol. The number of hydrogen-bond acceptors (Lipinski definition) is 3. The molecule has 0 radical (unpaired) electrons. The molecule has 1 fully saturated rings. The molecular weight excluding hydrogens is 285 g/mol. The lowest BCUT2D eigenvalue weighted by molar-refractivity contribution is 0.0929.